The van der Waals surface area contributed by atoms with Crippen LogP contribution in [0.15, 0.2) is 6.20 Å². The van der Waals surface area contributed by atoms with Crippen LogP contribution >= 0.6 is 0 Å². The Hall–Kier alpha value is -1.23. The van der Waals surface area contributed by atoms with Crippen LogP contribution in [0, 0.1) is 0 Å². The van der Waals surface area contributed by atoms with Crippen molar-refractivity contribution in [3.63, 3.8) is 0 Å². The van der Waals surface area contributed by atoms with E-state index in [9.17, 15) is 4.79 Å². The maximum absolute atomic E-state index is 12.2. The van der Waals surface area contributed by atoms with Gasteiger partial charge in [-0.3, -0.25) is 4.79 Å². The molecule has 1 aliphatic rings. The number of carbonyl (C=O) groups excluding carboxylic acids is 1. The van der Waals surface area contributed by atoms with Gasteiger partial charge in [0.15, 0.2) is 5.78 Å². The molecule has 0 aromatic carbocycles. The number of Topliss-reactive ketones (excluding diaryl/α,β-unsaturated/α-hetero) is 1. The van der Waals surface area contributed by atoms with Crippen molar-refractivity contribution >= 4 is 5.78 Å². The number of hydrogen-bond donors (Lipinski definition) is 0. The number of ether oxygens (including phenoxy) is 1. The van der Waals surface area contributed by atoms with Gasteiger partial charge in [0.2, 0.25) is 0 Å². The molecule has 1 heterocycles. The molecule has 0 unspecified atom stereocenters. The number of methoxy groups -OCH3 is 1. The molecule has 1 fully saturated rings. The van der Waals surface area contributed by atoms with Crippen molar-refractivity contribution in [1.82, 2.24) is 15.0 Å². The van der Waals surface area contributed by atoms with E-state index in [4.69, 9.17) is 4.74 Å². The molecule has 0 amide bonds. The van der Waals surface area contributed by atoms with E-state index in [0.717, 1.165) is 32.2 Å². The Labute approximate surface area is 101 Å². The Kier molecular flexibility index (Phi) is 3.57. The molecule has 5 heteroatoms. The first-order valence-electron chi connectivity index (χ1n) is 6.17. The predicted octanol–water partition coefficient (Wildman–Crippen LogP) is 1.83. The highest BCUT2D eigenvalue weighted by Gasteiger charge is 2.39. The van der Waals surface area contributed by atoms with Crippen LogP contribution in [-0.4, -0.2) is 33.5 Å². The lowest BCUT2D eigenvalue weighted by molar-refractivity contribution is -0.0706. The van der Waals surface area contributed by atoms with E-state index in [1.54, 1.807) is 18.0 Å². The fourth-order valence-corrected chi connectivity index (χ4v) is 2.26. The normalized spacial score (nSPS) is 17.8. The molecule has 1 aliphatic carbocycles. The van der Waals surface area contributed by atoms with Gasteiger partial charge in [0.05, 0.1) is 11.8 Å². The van der Waals surface area contributed by atoms with Gasteiger partial charge in [0, 0.05) is 20.1 Å². The van der Waals surface area contributed by atoms with Crippen molar-refractivity contribution in [2.75, 3.05) is 7.11 Å². The van der Waals surface area contributed by atoms with Crippen LogP contribution < -0.4 is 0 Å². The largest absolute Gasteiger partial charge is 0.378 e. The van der Waals surface area contributed by atoms with Crippen molar-refractivity contribution in [1.29, 1.82) is 0 Å². The van der Waals surface area contributed by atoms with Crippen LogP contribution in [0.1, 0.15) is 49.5 Å². The van der Waals surface area contributed by atoms with Gasteiger partial charge < -0.3 is 4.74 Å². The highest BCUT2D eigenvalue weighted by atomic mass is 16.5. The Morgan fingerprint density at radius 1 is 1.59 bits per heavy atom. The lowest BCUT2D eigenvalue weighted by Gasteiger charge is -2.39. The van der Waals surface area contributed by atoms with Crippen LogP contribution in [0.5, 0.6) is 0 Å². The third-order valence-corrected chi connectivity index (χ3v) is 3.52. The lowest BCUT2D eigenvalue weighted by atomic mass is 9.76. The van der Waals surface area contributed by atoms with E-state index in [-0.39, 0.29) is 11.4 Å². The second kappa shape index (κ2) is 4.96. The monoisotopic (exact) mass is 237 g/mol. The number of aryl methyl sites for hydroxylation is 1. The zero-order valence-electron chi connectivity index (χ0n) is 10.5. The summed E-state index contributed by atoms with van der Waals surface area (Å²) in [6, 6.07) is 0. The van der Waals surface area contributed by atoms with Gasteiger partial charge >= 0.3 is 0 Å². The minimum atomic E-state index is -0.224. The summed E-state index contributed by atoms with van der Waals surface area (Å²) in [7, 11) is 1.69. The molecule has 1 aromatic rings. The minimum Gasteiger partial charge on any atom is -0.378 e. The van der Waals surface area contributed by atoms with Gasteiger partial charge in [-0.05, 0) is 25.7 Å². The molecule has 0 bridgehead atoms. The zero-order valence-corrected chi connectivity index (χ0v) is 10.5. The average molecular weight is 237 g/mol. The fraction of sp³-hybridized carbons (Fsp3) is 0.750. The molecule has 2 rings (SSSR count). The van der Waals surface area contributed by atoms with Gasteiger partial charge in [-0.2, -0.15) is 0 Å². The van der Waals surface area contributed by atoms with Crippen LogP contribution in [0.25, 0.3) is 0 Å². The van der Waals surface area contributed by atoms with Crippen molar-refractivity contribution < 1.29 is 9.53 Å². The quantitative estimate of drug-likeness (QED) is 0.708. The highest BCUT2D eigenvalue weighted by molar-refractivity contribution is 5.94. The first-order valence-corrected chi connectivity index (χ1v) is 6.17. The number of nitrogens with zero attached hydrogens (tertiary/aromatic N) is 3. The topological polar surface area (TPSA) is 57.0 Å². The second-order valence-corrected chi connectivity index (χ2v) is 4.68. The van der Waals surface area contributed by atoms with Crippen LogP contribution in [0.2, 0.25) is 0 Å². The standard InChI is InChI=1S/C12H19N3O2/c1-3-7-15-10(9-13-14-15)11(16)8-12(17-2)5-4-6-12/h9H,3-8H2,1-2H3. The second-order valence-electron chi connectivity index (χ2n) is 4.68. The Morgan fingerprint density at radius 2 is 2.35 bits per heavy atom. The number of aromatic nitrogens is 3. The molecule has 0 atom stereocenters. The summed E-state index contributed by atoms with van der Waals surface area (Å²) in [4.78, 5) is 12.2. The summed E-state index contributed by atoms with van der Waals surface area (Å²) in [6.45, 7) is 2.79. The molecule has 0 saturated heterocycles. The molecule has 0 aliphatic heterocycles. The van der Waals surface area contributed by atoms with E-state index in [1.807, 2.05) is 0 Å². The van der Waals surface area contributed by atoms with Gasteiger partial charge in [-0.15, -0.1) is 5.10 Å². The minimum absolute atomic E-state index is 0.0880. The van der Waals surface area contributed by atoms with Crippen LogP contribution in [-0.2, 0) is 11.3 Å². The molecule has 17 heavy (non-hydrogen) atoms. The first kappa shape index (κ1) is 12.2. The number of rotatable bonds is 6. The smallest absolute Gasteiger partial charge is 0.185 e. The van der Waals surface area contributed by atoms with Crippen molar-refractivity contribution in [3.8, 4) is 0 Å². The van der Waals surface area contributed by atoms with Gasteiger partial charge in [-0.25, -0.2) is 4.68 Å². The summed E-state index contributed by atoms with van der Waals surface area (Å²) in [5.41, 5.74) is 0.383. The zero-order chi connectivity index (χ0) is 12.3. The molecule has 0 N–H and O–H groups in total. The molecule has 1 saturated carbocycles. The Balaban J connectivity index is 2.06. The summed E-state index contributed by atoms with van der Waals surface area (Å²) < 4.78 is 7.16. The molecule has 0 radical (unpaired) electrons. The summed E-state index contributed by atoms with van der Waals surface area (Å²) in [5.74, 6) is 0.0880. The Bertz CT molecular complexity index is 391. The number of hydrogen-bond acceptors (Lipinski definition) is 4. The van der Waals surface area contributed by atoms with Crippen LogP contribution in [0.4, 0.5) is 0 Å². The van der Waals surface area contributed by atoms with E-state index in [0.29, 0.717) is 12.1 Å². The van der Waals surface area contributed by atoms with E-state index in [2.05, 4.69) is 17.2 Å². The SMILES string of the molecule is CCCn1nncc1C(=O)CC1(OC)CCC1. The first-order chi connectivity index (χ1) is 8.21. The Morgan fingerprint density at radius 3 is 2.88 bits per heavy atom. The molecule has 94 valence electrons. The molecule has 0 spiro atoms. The van der Waals surface area contributed by atoms with E-state index >= 15 is 0 Å². The van der Waals surface area contributed by atoms with Crippen LogP contribution in [0.3, 0.4) is 0 Å². The maximum atomic E-state index is 12.2. The maximum Gasteiger partial charge on any atom is 0.185 e. The number of ketones is 1. The molecule has 1 aromatic heterocycles. The number of carbonyl (C=O) groups is 1. The van der Waals surface area contributed by atoms with E-state index < -0.39 is 0 Å². The third kappa shape index (κ3) is 2.39. The lowest BCUT2D eigenvalue weighted by Crippen LogP contribution is -2.41. The van der Waals surface area contributed by atoms with Crippen molar-refractivity contribution in [2.24, 2.45) is 0 Å². The third-order valence-electron chi connectivity index (χ3n) is 3.52. The summed E-state index contributed by atoms with van der Waals surface area (Å²) in [6.07, 6.45) is 6.04. The summed E-state index contributed by atoms with van der Waals surface area (Å²) >= 11 is 0. The average Bonchev–Trinajstić information content (AvgIpc) is 2.72. The summed E-state index contributed by atoms with van der Waals surface area (Å²) in [5, 5.41) is 7.74. The van der Waals surface area contributed by atoms with Gasteiger partial charge in [0.25, 0.3) is 0 Å². The predicted molar refractivity (Wildman–Crippen MR) is 62.9 cm³/mol. The highest BCUT2D eigenvalue weighted by Crippen LogP contribution is 2.38. The fourth-order valence-electron chi connectivity index (χ4n) is 2.26. The molecular weight excluding hydrogens is 218 g/mol. The van der Waals surface area contributed by atoms with Crippen molar-refractivity contribution in [2.45, 2.75) is 51.2 Å². The van der Waals surface area contributed by atoms with Gasteiger partial charge in [-0.1, -0.05) is 12.1 Å². The molecule has 5 nitrogen and oxygen atoms in total. The van der Waals surface area contributed by atoms with Crippen molar-refractivity contribution in [3.05, 3.63) is 11.9 Å². The molecular formula is C12H19N3O2. The van der Waals surface area contributed by atoms with Gasteiger partial charge in [0.1, 0.15) is 5.69 Å². The van der Waals surface area contributed by atoms with E-state index in [1.165, 1.54) is 0 Å².